The Balaban J connectivity index is 0.000000278. The van der Waals surface area contributed by atoms with E-state index in [1.807, 2.05) is 43.3 Å². The van der Waals surface area contributed by atoms with Crippen LogP contribution in [0.1, 0.15) is 47.7 Å². The second-order valence-corrected chi connectivity index (χ2v) is 7.74. The summed E-state index contributed by atoms with van der Waals surface area (Å²) in [5.41, 5.74) is 2.49. The molecule has 0 saturated heterocycles. The van der Waals surface area contributed by atoms with Crippen LogP contribution in [0.2, 0.25) is 0 Å². The summed E-state index contributed by atoms with van der Waals surface area (Å²) in [4.78, 5) is 21.6. The predicted octanol–water partition coefficient (Wildman–Crippen LogP) is 4.48. The van der Waals surface area contributed by atoms with Crippen molar-refractivity contribution in [2.24, 2.45) is 5.92 Å². The molecule has 0 bridgehead atoms. The predicted molar refractivity (Wildman–Crippen MR) is 124 cm³/mol. The van der Waals surface area contributed by atoms with Crippen LogP contribution >= 0.6 is 0 Å². The molecule has 2 aromatic carbocycles. The second-order valence-electron chi connectivity index (χ2n) is 7.74. The molecule has 0 amide bonds. The highest BCUT2D eigenvalue weighted by atomic mass is 16.5. The first-order valence-corrected chi connectivity index (χ1v) is 10.8. The van der Waals surface area contributed by atoms with E-state index in [0.29, 0.717) is 42.1 Å². The van der Waals surface area contributed by atoms with Crippen LogP contribution in [-0.4, -0.2) is 42.3 Å². The molecule has 172 valence electrons. The number of Topliss-reactive ketones (excluding diaryl/α,β-unsaturated/α-hetero) is 1. The molecular formula is C26H32O6. The summed E-state index contributed by atoms with van der Waals surface area (Å²) in [5.74, 6) is 1.08. The quantitative estimate of drug-likeness (QED) is 0.588. The van der Waals surface area contributed by atoms with Crippen LogP contribution in [0.15, 0.2) is 54.6 Å². The summed E-state index contributed by atoms with van der Waals surface area (Å²) < 4.78 is 10.4. The number of aliphatic hydroxyl groups excluding tert-OH is 1. The maximum Gasteiger partial charge on any atom is 0.335 e. The standard InChI is InChI=1S/C17H22O4.C9H10O2/c1-20-16-8-5-13(11-17(16)21-2)10-15(19)7-4-12-3-6-14(18)9-12;1-2-7-3-5-8(6-4-7)9(10)11/h4-5,7-8,11-12,15,19H,3,6,9-10H2,1-2H3;3-6H,2H2,1H3,(H,10,11)/b7-4+;/t12-,15?;/m1./s1. The van der Waals surface area contributed by atoms with Crippen LogP contribution in [-0.2, 0) is 17.6 Å². The minimum absolute atomic E-state index is 0.289. The number of carbonyl (C=O) groups is 2. The number of hydrogen-bond acceptors (Lipinski definition) is 5. The highest BCUT2D eigenvalue weighted by molar-refractivity contribution is 5.87. The molecule has 0 aromatic heterocycles. The molecule has 0 spiro atoms. The molecule has 0 heterocycles. The first kappa shape index (κ1) is 25.1. The van der Waals surface area contributed by atoms with Crippen LogP contribution in [0.3, 0.4) is 0 Å². The lowest BCUT2D eigenvalue weighted by atomic mass is 10.0. The maximum absolute atomic E-state index is 11.2. The summed E-state index contributed by atoms with van der Waals surface area (Å²) in [6, 6.07) is 12.5. The summed E-state index contributed by atoms with van der Waals surface area (Å²) in [5, 5.41) is 18.6. The molecule has 1 fully saturated rings. The molecule has 2 aromatic rings. The number of aliphatic hydroxyl groups is 1. The average molecular weight is 441 g/mol. The number of allylic oxidation sites excluding steroid dienone is 1. The highest BCUT2D eigenvalue weighted by Gasteiger charge is 2.19. The SMILES string of the molecule is CCc1ccc(C(=O)O)cc1.COc1ccc(CC(O)/C=C/[C@H]2CCC(=O)C2)cc1OC. The number of methoxy groups -OCH3 is 2. The average Bonchev–Trinajstić information content (AvgIpc) is 3.23. The molecule has 2 N–H and O–H groups in total. The van der Waals surface area contributed by atoms with E-state index in [1.54, 1.807) is 32.4 Å². The fraction of sp³-hybridized carbons (Fsp3) is 0.385. The highest BCUT2D eigenvalue weighted by Crippen LogP contribution is 2.28. The number of benzene rings is 2. The van der Waals surface area contributed by atoms with E-state index in [9.17, 15) is 14.7 Å². The minimum atomic E-state index is -0.868. The van der Waals surface area contributed by atoms with Gasteiger partial charge >= 0.3 is 5.97 Å². The molecular weight excluding hydrogens is 408 g/mol. The Morgan fingerprint density at radius 2 is 1.75 bits per heavy atom. The van der Waals surface area contributed by atoms with E-state index in [0.717, 1.165) is 24.0 Å². The third-order valence-electron chi connectivity index (χ3n) is 5.39. The topological polar surface area (TPSA) is 93.1 Å². The molecule has 6 heteroatoms. The van der Waals surface area contributed by atoms with Gasteiger partial charge in [0.05, 0.1) is 25.9 Å². The van der Waals surface area contributed by atoms with E-state index in [1.165, 1.54) is 0 Å². The van der Waals surface area contributed by atoms with Gasteiger partial charge in [-0.1, -0.05) is 37.3 Å². The van der Waals surface area contributed by atoms with E-state index >= 15 is 0 Å². The fourth-order valence-corrected chi connectivity index (χ4v) is 3.49. The van der Waals surface area contributed by atoms with Crippen LogP contribution in [0.4, 0.5) is 0 Å². The van der Waals surface area contributed by atoms with Gasteiger partial charge in [-0.15, -0.1) is 0 Å². The van der Waals surface area contributed by atoms with Crippen LogP contribution in [0.25, 0.3) is 0 Å². The molecule has 1 aliphatic carbocycles. The van der Waals surface area contributed by atoms with Gasteiger partial charge in [0.2, 0.25) is 0 Å². The lowest BCUT2D eigenvalue weighted by Gasteiger charge is -2.11. The molecule has 1 aliphatic rings. The second kappa shape index (κ2) is 12.7. The van der Waals surface area contributed by atoms with Crippen molar-refractivity contribution in [3.8, 4) is 11.5 Å². The number of carboxylic acids is 1. The van der Waals surface area contributed by atoms with Gasteiger partial charge in [-0.2, -0.15) is 0 Å². The van der Waals surface area contributed by atoms with Gasteiger partial charge in [-0.25, -0.2) is 4.79 Å². The molecule has 0 aliphatic heterocycles. The van der Waals surface area contributed by atoms with Gasteiger partial charge in [0.25, 0.3) is 0 Å². The third-order valence-corrected chi connectivity index (χ3v) is 5.39. The van der Waals surface area contributed by atoms with Gasteiger partial charge in [-0.05, 0) is 54.2 Å². The van der Waals surface area contributed by atoms with Crippen molar-refractivity contribution < 1.29 is 29.3 Å². The maximum atomic E-state index is 11.2. The van der Waals surface area contributed by atoms with Crippen LogP contribution in [0, 0.1) is 5.92 Å². The van der Waals surface area contributed by atoms with Crippen molar-refractivity contribution in [1.29, 1.82) is 0 Å². The van der Waals surface area contributed by atoms with E-state index in [4.69, 9.17) is 14.6 Å². The van der Waals surface area contributed by atoms with Crippen molar-refractivity contribution in [1.82, 2.24) is 0 Å². The van der Waals surface area contributed by atoms with Crippen LogP contribution in [0.5, 0.6) is 11.5 Å². The summed E-state index contributed by atoms with van der Waals surface area (Å²) in [7, 11) is 3.19. The Kier molecular flexibility index (Phi) is 9.95. The monoisotopic (exact) mass is 440 g/mol. The van der Waals surface area contributed by atoms with E-state index in [2.05, 4.69) is 0 Å². The summed E-state index contributed by atoms with van der Waals surface area (Å²) >= 11 is 0. The smallest absolute Gasteiger partial charge is 0.335 e. The Hall–Kier alpha value is -3.12. The molecule has 2 atom stereocenters. The lowest BCUT2D eigenvalue weighted by molar-refractivity contribution is -0.117. The Labute approximate surface area is 189 Å². The summed E-state index contributed by atoms with van der Waals surface area (Å²) in [6.07, 6.45) is 6.84. The largest absolute Gasteiger partial charge is 0.493 e. The molecule has 6 nitrogen and oxygen atoms in total. The first-order chi connectivity index (χ1) is 15.4. The third kappa shape index (κ3) is 7.85. The van der Waals surface area contributed by atoms with Crippen molar-refractivity contribution >= 4 is 11.8 Å². The number of rotatable bonds is 8. The summed E-state index contributed by atoms with van der Waals surface area (Å²) in [6.45, 7) is 2.04. The van der Waals surface area contributed by atoms with Gasteiger partial charge in [0.1, 0.15) is 5.78 Å². The number of carboxylic acid groups (broad SMARTS) is 1. The number of hydrogen-bond donors (Lipinski definition) is 2. The van der Waals surface area contributed by atoms with Gasteiger partial charge in [0.15, 0.2) is 11.5 Å². The molecule has 3 rings (SSSR count). The van der Waals surface area contributed by atoms with Crippen molar-refractivity contribution in [3.63, 3.8) is 0 Å². The van der Waals surface area contributed by atoms with Gasteiger partial charge in [-0.3, -0.25) is 4.79 Å². The number of aryl methyl sites for hydroxylation is 1. The number of carbonyl (C=O) groups excluding carboxylic acids is 1. The zero-order valence-electron chi connectivity index (χ0n) is 18.9. The number of ether oxygens (including phenoxy) is 2. The molecule has 1 saturated carbocycles. The van der Waals surface area contributed by atoms with Crippen molar-refractivity contribution in [2.45, 2.75) is 45.1 Å². The Morgan fingerprint density at radius 3 is 2.28 bits per heavy atom. The molecule has 32 heavy (non-hydrogen) atoms. The molecule has 1 unspecified atom stereocenters. The van der Waals surface area contributed by atoms with E-state index < -0.39 is 12.1 Å². The normalized spacial score (nSPS) is 16.4. The molecule has 0 radical (unpaired) electrons. The minimum Gasteiger partial charge on any atom is -0.493 e. The lowest BCUT2D eigenvalue weighted by Crippen LogP contribution is -2.07. The number of ketones is 1. The van der Waals surface area contributed by atoms with Gasteiger partial charge in [0, 0.05) is 19.3 Å². The van der Waals surface area contributed by atoms with Crippen molar-refractivity contribution in [2.75, 3.05) is 14.2 Å². The van der Waals surface area contributed by atoms with Crippen molar-refractivity contribution in [3.05, 3.63) is 71.3 Å². The zero-order chi connectivity index (χ0) is 23.5. The number of aromatic carboxylic acids is 1. The Bertz CT molecular complexity index is 916. The van der Waals surface area contributed by atoms with E-state index in [-0.39, 0.29) is 5.92 Å². The zero-order valence-corrected chi connectivity index (χ0v) is 18.9. The van der Waals surface area contributed by atoms with Gasteiger partial charge < -0.3 is 19.7 Å². The van der Waals surface area contributed by atoms with Crippen LogP contribution < -0.4 is 9.47 Å². The Morgan fingerprint density at radius 1 is 1.09 bits per heavy atom. The fourth-order valence-electron chi connectivity index (χ4n) is 3.49. The first-order valence-electron chi connectivity index (χ1n) is 10.8.